The first kappa shape index (κ1) is 26.6. The lowest BCUT2D eigenvalue weighted by molar-refractivity contribution is -0.137. The Morgan fingerprint density at radius 2 is 1.08 bits per heavy atom. The van der Waals surface area contributed by atoms with Gasteiger partial charge in [-0.1, -0.05) is 99.2 Å². The fourth-order valence-corrected chi connectivity index (χ4v) is 5.38. The van der Waals surface area contributed by atoms with Crippen LogP contribution in [0, 0.1) is 0 Å². The van der Waals surface area contributed by atoms with Crippen molar-refractivity contribution < 1.29 is 14.6 Å². The number of carbonyl (C=O) groups is 1. The molecule has 0 aliphatic heterocycles. The second-order valence-electron chi connectivity index (χ2n) is 10.3. The van der Waals surface area contributed by atoms with Crippen molar-refractivity contribution in [2.24, 2.45) is 0 Å². The van der Waals surface area contributed by atoms with Crippen LogP contribution in [-0.4, -0.2) is 22.2 Å². The van der Waals surface area contributed by atoms with E-state index in [-0.39, 0.29) is 0 Å². The zero-order valence-corrected chi connectivity index (χ0v) is 22.5. The summed E-state index contributed by atoms with van der Waals surface area (Å²) in [5.74, 6) is 0.230. The van der Waals surface area contributed by atoms with Crippen LogP contribution in [0.1, 0.15) is 57.8 Å². The maximum atomic E-state index is 10.5. The minimum absolute atomic E-state index is 0.300. The van der Waals surface area contributed by atoms with E-state index in [2.05, 4.69) is 102 Å². The summed E-state index contributed by atoms with van der Waals surface area (Å²) in [6.45, 7) is 0.742. The summed E-state index contributed by atoms with van der Waals surface area (Å²) >= 11 is 0. The Balaban J connectivity index is 1.11. The number of rotatable bonds is 14. The first-order valence-corrected chi connectivity index (χ1v) is 14.2. The molecule has 5 rings (SSSR count). The fourth-order valence-electron chi connectivity index (χ4n) is 5.38. The van der Waals surface area contributed by atoms with Crippen molar-refractivity contribution in [3.8, 4) is 22.6 Å². The third-order valence-electron chi connectivity index (χ3n) is 7.45. The van der Waals surface area contributed by atoms with Gasteiger partial charge in [-0.25, -0.2) is 0 Å². The molecule has 0 amide bonds. The summed E-state index contributed by atoms with van der Waals surface area (Å²) < 4.78 is 8.31. The standard InChI is InChI=1S/C35H37NO3/c37-35(38)17-7-5-3-1-2-4-6-12-26-39-30-24-20-28(21-25-30)27-18-22-29(23-19-27)36-33-15-10-8-13-31(33)32-14-9-11-16-34(32)36/h8-11,13-16,18-25H,1-7,12,17,26H2,(H,37,38). The van der Waals surface area contributed by atoms with Crippen LogP contribution in [0.3, 0.4) is 0 Å². The molecule has 4 nitrogen and oxygen atoms in total. The quantitative estimate of drug-likeness (QED) is 0.149. The molecule has 0 saturated heterocycles. The number of unbranched alkanes of at least 4 members (excludes halogenated alkanes) is 7. The molecule has 0 spiro atoms. The van der Waals surface area contributed by atoms with Gasteiger partial charge in [0.15, 0.2) is 0 Å². The zero-order chi connectivity index (χ0) is 26.9. The molecule has 0 atom stereocenters. The number of aliphatic carboxylic acids is 1. The third-order valence-corrected chi connectivity index (χ3v) is 7.45. The molecule has 0 bridgehead atoms. The van der Waals surface area contributed by atoms with Crippen molar-refractivity contribution in [1.82, 2.24) is 4.57 Å². The van der Waals surface area contributed by atoms with Gasteiger partial charge >= 0.3 is 5.97 Å². The van der Waals surface area contributed by atoms with Crippen LogP contribution in [0.15, 0.2) is 97.1 Å². The van der Waals surface area contributed by atoms with E-state index in [1.165, 1.54) is 58.6 Å². The maximum Gasteiger partial charge on any atom is 0.303 e. The maximum absolute atomic E-state index is 10.5. The Morgan fingerprint density at radius 3 is 1.64 bits per heavy atom. The molecule has 1 heterocycles. The molecule has 200 valence electrons. The van der Waals surface area contributed by atoms with E-state index >= 15 is 0 Å². The van der Waals surface area contributed by atoms with Gasteiger partial charge in [0.05, 0.1) is 17.6 Å². The van der Waals surface area contributed by atoms with Crippen LogP contribution in [0.5, 0.6) is 5.75 Å². The van der Waals surface area contributed by atoms with Gasteiger partial charge in [0.2, 0.25) is 0 Å². The Hall–Kier alpha value is -4.05. The second-order valence-corrected chi connectivity index (χ2v) is 10.3. The molecule has 0 saturated carbocycles. The molecule has 4 heteroatoms. The lowest BCUT2D eigenvalue weighted by Gasteiger charge is -2.10. The largest absolute Gasteiger partial charge is 0.494 e. The number of hydrogen-bond donors (Lipinski definition) is 1. The average Bonchev–Trinajstić information content (AvgIpc) is 3.31. The predicted molar refractivity (Wildman–Crippen MR) is 161 cm³/mol. The molecule has 5 aromatic rings. The lowest BCUT2D eigenvalue weighted by Crippen LogP contribution is -1.97. The van der Waals surface area contributed by atoms with Crippen LogP contribution in [-0.2, 0) is 4.79 Å². The summed E-state index contributed by atoms with van der Waals surface area (Å²) in [5.41, 5.74) is 5.98. The topological polar surface area (TPSA) is 51.5 Å². The average molecular weight is 520 g/mol. The minimum atomic E-state index is -0.685. The molecule has 0 aliphatic carbocycles. The normalized spacial score (nSPS) is 11.3. The van der Waals surface area contributed by atoms with E-state index in [0.717, 1.165) is 43.7 Å². The number of carboxylic acids is 1. The predicted octanol–water partition coefficient (Wildman–Crippen LogP) is 9.42. The van der Waals surface area contributed by atoms with Gasteiger partial charge in [0.1, 0.15) is 5.75 Å². The molecule has 0 radical (unpaired) electrons. The molecule has 4 aromatic carbocycles. The number of hydrogen-bond acceptors (Lipinski definition) is 2. The van der Waals surface area contributed by atoms with Gasteiger partial charge in [0.25, 0.3) is 0 Å². The zero-order valence-electron chi connectivity index (χ0n) is 22.5. The molecule has 0 fully saturated rings. The van der Waals surface area contributed by atoms with E-state index in [1.807, 2.05) is 0 Å². The van der Waals surface area contributed by atoms with Crippen LogP contribution >= 0.6 is 0 Å². The van der Waals surface area contributed by atoms with Crippen LogP contribution in [0.25, 0.3) is 38.6 Å². The Morgan fingerprint density at radius 1 is 0.590 bits per heavy atom. The fraction of sp³-hybridized carbons (Fsp3) is 0.286. The van der Waals surface area contributed by atoms with Crippen molar-refractivity contribution in [1.29, 1.82) is 0 Å². The van der Waals surface area contributed by atoms with Gasteiger partial charge in [-0.3, -0.25) is 4.79 Å². The summed E-state index contributed by atoms with van der Waals surface area (Å²) in [7, 11) is 0. The monoisotopic (exact) mass is 519 g/mol. The highest BCUT2D eigenvalue weighted by Crippen LogP contribution is 2.32. The van der Waals surface area contributed by atoms with Crippen molar-refractivity contribution in [2.45, 2.75) is 57.8 Å². The SMILES string of the molecule is O=C(O)CCCCCCCCCCOc1ccc(-c2ccc(-n3c4ccccc4c4ccccc43)cc2)cc1. The third kappa shape index (κ3) is 6.69. The smallest absolute Gasteiger partial charge is 0.303 e. The Labute approximate surface area is 230 Å². The van der Waals surface area contributed by atoms with Crippen molar-refractivity contribution in [3.05, 3.63) is 97.1 Å². The summed E-state index contributed by atoms with van der Waals surface area (Å²) in [6.07, 6.45) is 9.13. The number of nitrogens with zero attached hydrogens (tertiary/aromatic N) is 1. The number of aromatic nitrogens is 1. The van der Waals surface area contributed by atoms with Crippen molar-refractivity contribution in [3.63, 3.8) is 0 Å². The lowest BCUT2D eigenvalue weighted by atomic mass is 10.1. The van der Waals surface area contributed by atoms with E-state index in [9.17, 15) is 4.79 Å². The highest BCUT2D eigenvalue weighted by molar-refractivity contribution is 6.09. The van der Waals surface area contributed by atoms with Gasteiger partial charge in [-0.05, 0) is 60.4 Å². The minimum Gasteiger partial charge on any atom is -0.494 e. The second kappa shape index (κ2) is 13.1. The first-order chi connectivity index (χ1) is 19.2. The molecular formula is C35H37NO3. The van der Waals surface area contributed by atoms with Gasteiger partial charge in [-0.15, -0.1) is 0 Å². The number of para-hydroxylation sites is 2. The van der Waals surface area contributed by atoms with Gasteiger partial charge in [0, 0.05) is 22.9 Å². The van der Waals surface area contributed by atoms with E-state index in [1.54, 1.807) is 0 Å². The van der Waals surface area contributed by atoms with Crippen LogP contribution in [0.4, 0.5) is 0 Å². The molecule has 1 aromatic heterocycles. The summed E-state index contributed by atoms with van der Waals surface area (Å²) in [5, 5.41) is 11.2. The van der Waals surface area contributed by atoms with Crippen molar-refractivity contribution >= 4 is 27.8 Å². The van der Waals surface area contributed by atoms with Crippen LogP contribution < -0.4 is 4.74 Å². The van der Waals surface area contributed by atoms with Gasteiger partial charge < -0.3 is 14.4 Å². The van der Waals surface area contributed by atoms with E-state index in [0.29, 0.717) is 6.42 Å². The number of fused-ring (bicyclic) bond motifs is 3. The number of benzene rings is 4. The highest BCUT2D eigenvalue weighted by Gasteiger charge is 2.11. The molecule has 1 N–H and O–H groups in total. The Bertz CT molecular complexity index is 1450. The highest BCUT2D eigenvalue weighted by atomic mass is 16.5. The van der Waals surface area contributed by atoms with Crippen molar-refractivity contribution in [2.75, 3.05) is 6.61 Å². The molecule has 0 aliphatic rings. The summed E-state index contributed by atoms with van der Waals surface area (Å²) in [6, 6.07) is 34.4. The first-order valence-electron chi connectivity index (χ1n) is 14.2. The summed E-state index contributed by atoms with van der Waals surface area (Å²) in [4.78, 5) is 10.5. The molecular weight excluding hydrogens is 482 g/mol. The Kier molecular flexibility index (Phi) is 8.95. The van der Waals surface area contributed by atoms with E-state index in [4.69, 9.17) is 9.84 Å². The van der Waals surface area contributed by atoms with E-state index < -0.39 is 5.97 Å². The van der Waals surface area contributed by atoms with Gasteiger partial charge in [-0.2, -0.15) is 0 Å². The molecule has 0 unspecified atom stereocenters. The van der Waals surface area contributed by atoms with Crippen LogP contribution in [0.2, 0.25) is 0 Å². The number of ether oxygens (including phenoxy) is 1. The number of carboxylic acid groups (broad SMARTS) is 1. The molecule has 39 heavy (non-hydrogen) atoms.